The first-order chi connectivity index (χ1) is 9.90. The van der Waals surface area contributed by atoms with Crippen LogP contribution < -0.4 is 5.32 Å². The zero-order chi connectivity index (χ0) is 15.6. The molecule has 0 aliphatic carbocycles. The molecule has 0 saturated heterocycles. The molecule has 0 saturated carbocycles. The largest absolute Gasteiger partial charge is 0.321 e. The zero-order valence-electron chi connectivity index (χ0n) is 10.9. The Hall–Kier alpha value is -2.47. The van der Waals surface area contributed by atoms with E-state index in [1.807, 2.05) is 0 Å². The zero-order valence-corrected chi connectivity index (χ0v) is 11.6. The van der Waals surface area contributed by atoms with Crippen molar-refractivity contribution in [1.29, 1.82) is 0 Å². The van der Waals surface area contributed by atoms with Crippen LogP contribution in [-0.2, 0) is 0 Å². The number of nitrogens with one attached hydrogen (secondary N) is 1. The van der Waals surface area contributed by atoms with Crippen molar-refractivity contribution < 1.29 is 14.1 Å². The fourth-order valence-electron chi connectivity index (χ4n) is 1.78. The van der Waals surface area contributed by atoms with Crippen LogP contribution in [-0.4, -0.2) is 10.8 Å². The van der Waals surface area contributed by atoms with E-state index in [2.05, 4.69) is 5.32 Å². The SMILES string of the molecule is Cc1c(F)cccc1NC(=O)c1cc(Cl)ccc1[N+](=O)[O-]. The molecule has 108 valence electrons. The van der Waals surface area contributed by atoms with Crippen molar-refractivity contribution in [3.63, 3.8) is 0 Å². The molecule has 2 aromatic carbocycles. The lowest BCUT2D eigenvalue weighted by Gasteiger charge is -2.09. The van der Waals surface area contributed by atoms with Gasteiger partial charge in [-0.3, -0.25) is 14.9 Å². The number of nitro groups is 1. The van der Waals surface area contributed by atoms with Gasteiger partial charge in [-0.05, 0) is 31.2 Å². The molecule has 21 heavy (non-hydrogen) atoms. The van der Waals surface area contributed by atoms with Crippen LogP contribution >= 0.6 is 11.6 Å². The van der Waals surface area contributed by atoms with Gasteiger partial charge in [0.1, 0.15) is 11.4 Å². The van der Waals surface area contributed by atoms with Gasteiger partial charge in [-0.2, -0.15) is 0 Å². The van der Waals surface area contributed by atoms with Gasteiger partial charge in [-0.15, -0.1) is 0 Å². The van der Waals surface area contributed by atoms with Gasteiger partial charge in [0.15, 0.2) is 0 Å². The Morgan fingerprint density at radius 3 is 2.71 bits per heavy atom. The monoisotopic (exact) mass is 308 g/mol. The van der Waals surface area contributed by atoms with Crippen molar-refractivity contribution >= 4 is 28.9 Å². The predicted octanol–water partition coefficient (Wildman–Crippen LogP) is 3.95. The summed E-state index contributed by atoms with van der Waals surface area (Å²) in [6.07, 6.45) is 0. The van der Waals surface area contributed by atoms with Crippen molar-refractivity contribution in [2.45, 2.75) is 6.92 Å². The Balaban J connectivity index is 2.39. The highest BCUT2D eigenvalue weighted by Crippen LogP contribution is 2.25. The number of anilines is 1. The summed E-state index contributed by atoms with van der Waals surface area (Å²) in [5.41, 5.74) is -0.0630. The first kappa shape index (κ1) is 14.9. The van der Waals surface area contributed by atoms with Crippen LogP contribution in [0.25, 0.3) is 0 Å². The summed E-state index contributed by atoms with van der Waals surface area (Å²) in [7, 11) is 0. The Labute approximate surface area is 124 Å². The molecule has 0 spiro atoms. The number of carbonyl (C=O) groups excluding carboxylic acids is 1. The van der Waals surface area contributed by atoms with Crippen LogP contribution in [0.15, 0.2) is 36.4 Å². The molecule has 0 heterocycles. The number of hydrogen-bond acceptors (Lipinski definition) is 3. The second kappa shape index (κ2) is 5.88. The molecule has 1 amide bonds. The van der Waals surface area contributed by atoms with Crippen molar-refractivity contribution in [2.75, 3.05) is 5.32 Å². The van der Waals surface area contributed by atoms with Crippen LogP contribution in [0.4, 0.5) is 15.8 Å². The van der Waals surface area contributed by atoms with E-state index in [4.69, 9.17) is 11.6 Å². The van der Waals surface area contributed by atoms with Crippen molar-refractivity contribution in [2.24, 2.45) is 0 Å². The van der Waals surface area contributed by atoms with Crippen LogP contribution in [0.3, 0.4) is 0 Å². The highest BCUT2D eigenvalue weighted by Gasteiger charge is 2.21. The molecule has 0 aliphatic heterocycles. The topological polar surface area (TPSA) is 72.2 Å². The average molecular weight is 309 g/mol. The van der Waals surface area contributed by atoms with Crippen molar-refractivity contribution in [1.82, 2.24) is 0 Å². The second-order valence-electron chi connectivity index (χ2n) is 4.29. The Morgan fingerprint density at radius 2 is 2.05 bits per heavy atom. The molecule has 5 nitrogen and oxygen atoms in total. The molecule has 0 aromatic heterocycles. The van der Waals surface area contributed by atoms with Gasteiger partial charge in [0.25, 0.3) is 11.6 Å². The van der Waals surface area contributed by atoms with Gasteiger partial charge in [-0.1, -0.05) is 17.7 Å². The molecule has 0 unspecified atom stereocenters. The van der Waals surface area contributed by atoms with E-state index in [-0.39, 0.29) is 27.5 Å². The molecule has 1 N–H and O–H groups in total. The lowest BCUT2D eigenvalue weighted by Crippen LogP contribution is -2.15. The smallest absolute Gasteiger partial charge is 0.282 e. The van der Waals surface area contributed by atoms with Crippen LogP contribution in [0.5, 0.6) is 0 Å². The maximum Gasteiger partial charge on any atom is 0.282 e. The van der Waals surface area contributed by atoms with Crippen LogP contribution in [0.2, 0.25) is 5.02 Å². The highest BCUT2D eigenvalue weighted by molar-refractivity contribution is 6.31. The molecule has 0 radical (unpaired) electrons. The van der Waals surface area contributed by atoms with Crippen LogP contribution in [0.1, 0.15) is 15.9 Å². The third-order valence-corrected chi connectivity index (χ3v) is 3.15. The van der Waals surface area contributed by atoms with Gasteiger partial charge < -0.3 is 5.32 Å². The molecule has 0 bridgehead atoms. The number of carbonyl (C=O) groups is 1. The minimum atomic E-state index is -0.724. The summed E-state index contributed by atoms with van der Waals surface area (Å²) in [5.74, 6) is -1.20. The van der Waals surface area contributed by atoms with E-state index in [0.29, 0.717) is 0 Å². The first-order valence-corrected chi connectivity index (χ1v) is 6.28. The van der Waals surface area contributed by atoms with Gasteiger partial charge in [0, 0.05) is 22.3 Å². The molecule has 0 atom stereocenters. The summed E-state index contributed by atoms with van der Waals surface area (Å²) >= 11 is 5.76. The van der Waals surface area contributed by atoms with E-state index in [1.165, 1.54) is 37.3 Å². The number of rotatable bonds is 3. The highest BCUT2D eigenvalue weighted by atomic mass is 35.5. The van der Waals surface area contributed by atoms with Gasteiger partial charge in [0.2, 0.25) is 0 Å². The number of hydrogen-bond donors (Lipinski definition) is 1. The maximum atomic E-state index is 13.4. The van der Waals surface area contributed by atoms with Gasteiger partial charge in [-0.25, -0.2) is 4.39 Å². The second-order valence-corrected chi connectivity index (χ2v) is 4.72. The number of amides is 1. The van der Waals surface area contributed by atoms with Crippen LogP contribution in [0, 0.1) is 22.9 Å². The van der Waals surface area contributed by atoms with E-state index in [0.717, 1.165) is 6.07 Å². The summed E-state index contributed by atoms with van der Waals surface area (Å²) in [5, 5.41) is 13.6. The standard InChI is InChI=1S/C14H10ClFN2O3/c1-8-11(16)3-2-4-12(8)17-14(19)10-7-9(15)5-6-13(10)18(20)21/h2-7H,1H3,(H,17,19). The average Bonchev–Trinajstić information content (AvgIpc) is 2.43. The van der Waals surface area contributed by atoms with E-state index in [9.17, 15) is 19.3 Å². The number of benzene rings is 2. The van der Waals surface area contributed by atoms with Crippen molar-refractivity contribution in [3.8, 4) is 0 Å². The third kappa shape index (κ3) is 3.17. The van der Waals surface area contributed by atoms with Gasteiger partial charge >= 0.3 is 0 Å². The summed E-state index contributed by atoms with van der Waals surface area (Å²) in [6.45, 7) is 1.50. The normalized spacial score (nSPS) is 10.2. The summed E-state index contributed by atoms with van der Waals surface area (Å²) in [4.78, 5) is 22.4. The lowest BCUT2D eigenvalue weighted by molar-refractivity contribution is -0.385. The summed E-state index contributed by atoms with van der Waals surface area (Å²) < 4.78 is 13.4. The molecule has 7 heteroatoms. The Kier molecular flexibility index (Phi) is 4.18. The van der Waals surface area contributed by atoms with E-state index >= 15 is 0 Å². The summed E-state index contributed by atoms with van der Waals surface area (Å²) in [6, 6.07) is 7.87. The fourth-order valence-corrected chi connectivity index (χ4v) is 1.95. The maximum absolute atomic E-state index is 13.4. The molecule has 2 aromatic rings. The predicted molar refractivity (Wildman–Crippen MR) is 77.2 cm³/mol. The number of nitrogens with zero attached hydrogens (tertiary/aromatic N) is 1. The minimum absolute atomic E-state index is 0.184. The number of nitro benzene ring substituents is 1. The minimum Gasteiger partial charge on any atom is -0.321 e. The van der Waals surface area contributed by atoms with Crippen molar-refractivity contribution in [3.05, 3.63) is 68.5 Å². The number of halogens is 2. The quantitative estimate of drug-likeness (QED) is 0.689. The molecule has 0 aliphatic rings. The fraction of sp³-hybridized carbons (Fsp3) is 0.0714. The Morgan fingerprint density at radius 1 is 1.33 bits per heavy atom. The molecular formula is C14H10ClFN2O3. The Bertz CT molecular complexity index is 734. The van der Waals surface area contributed by atoms with E-state index < -0.39 is 16.6 Å². The molecule has 2 rings (SSSR count). The lowest BCUT2D eigenvalue weighted by atomic mass is 10.1. The molecule has 0 fully saturated rings. The van der Waals surface area contributed by atoms with Gasteiger partial charge in [0.05, 0.1) is 4.92 Å². The molecular weight excluding hydrogens is 299 g/mol. The third-order valence-electron chi connectivity index (χ3n) is 2.92. The first-order valence-electron chi connectivity index (χ1n) is 5.90. The van der Waals surface area contributed by atoms with E-state index in [1.54, 1.807) is 0 Å².